The maximum absolute atomic E-state index is 13.1. The Morgan fingerprint density at radius 2 is 1.91 bits per heavy atom. The van der Waals surface area contributed by atoms with Crippen LogP contribution in [0.25, 0.3) is 11.3 Å². The van der Waals surface area contributed by atoms with Gasteiger partial charge in [0.1, 0.15) is 5.82 Å². The molecule has 34 heavy (non-hydrogen) atoms. The van der Waals surface area contributed by atoms with Crippen molar-refractivity contribution < 1.29 is 17.6 Å². The van der Waals surface area contributed by atoms with Gasteiger partial charge < -0.3 is 4.90 Å². The number of hydrogen-bond donors (Lipinski definition) is 1. The van der Waals surface area contributed by atoms with Crippen molar-refractivity contribution in [2.24, 2.45) is 0 Å². The van der Waals surface area contributed by atoms with E-state index in [0.29, 0.717) is 30.8 Å². The topological polar surface area (TPSA) is 86.4 Å². The van der Waals surface area contributed by atoms with Crippen LogP contribution in [0.3, 0.4) is 0 Å². The van der Waals surface area contributed by atoms with Crippen molar-refractivity contribution in [1.29, 1.82) is 0 Å². The van der Waals surface area contributed by atoms with Crippen molar-refractivity contribution in [3.8, 4) is 11.3 Å². The Kier molecular flexibility index (Phi) is 7.31. The van der Waals surface area contributed by atoms with Gasteiger partial charge in [-0.05, 0) is 74.2 Å². The van der Waals surface area contributed by atoms with Crippen molar-refractivity contribution in [2.75, 3.05) is 30.2 Å². The fraction of sp³-hybridized carbons (Fsp3) is 0.360. The summed E-state index contributed by atoms with van der Waals surface area (Å²) in [5, 5.41) is 7.34. The van der Waals surface area contributed by atoms with E-state index >= 15 is 0 Å². The Bertz CT molecular complexity index is 1240. The number of benzene rings is 2. The molecule has 1 aromatic heterocycles. The van der Waals surface area contributed by atoms with Gasteiger partial charge >= 0.3 is 0 Å². The molecule has 0 bridgehead atoms. The molecule has 2 aromatic carbocycles. The summed E-state index contributed by atoms with van der Waals surface area (Å²) in [5.74, 6) is -0.233. The van der Waals surface area contributed by atoms with Crippen LogP contribution >= 0.6 is 0 Å². The summed E-state index contributed by atoms with van der Waals surface area (Å²) < 4.78 is 38.8. The molecule has 9 heteroatoms. The summed E-state index contributed by atoms with van der Waals surface area (Å²) in [4.78, 5) is 14.5. The largest absolute Gasteiger partial charge is 0.342 e. The van der Waals surface area contributed by atoms with E-state index in [9.17, 15) is 17.6 Å². The summed E-state index contributed by atoms with van der Waals surface area (Å²) in [6.45, 7) is 1.08. The number of nitrogens with one attached hydrogen (secondary N) is 1. The highest BCUT2D eigenvalue weighted by atomic mass is 32.2. The lowest BCUT2D eigenvalue weighted by atomic mass is 10.1. The first-order valence-electron chi connectivity index (χ1n) is 11.5. The van der Waals surface area contributed by atoms with Crippen LogP contribution in [0.15, 0.2) is 54.6 Å². The normalized spacial score (nSPS) is 14.9. The monoisotopic (exact) mass is 484 g/mol. The third-order valence-corrected chi connectivity index (χ3v) is 7.91. The van der Waals surface area contributed by atoms with Crippen molar-refractivity contribution in [2.45, 2.75) is 32.1 Å². The lowest BCUT2D eigenvalue weighted by Gasteiger charge is -2.20. The Morgan fingerprint density at radius 1 is 1.12 bits per heavy atom. The van der Waals surface area contributed by atoms with Crippen molar-refractivity contribution in [3.05, 3.63) is 71.7 Å². The van der Waals surface area contributed by atoms with Crippen molar-refractivity contribution >= 4 is 21.6 Å². The molecule has 180 valence electrons. The summed E-state index contributed by atoms with van der Waals surface area (Å²) in [6, 6.07) is 15.1. The number of amides is 1. The molecule has 1 aliphatic rings. The average Bonchev–Trinajstić information content (AvgIpc) is 3.44. The minimum Gasteiger partial charge on any atom is -0.342 e. The molecule has 0 unspecified atom stereocenters. The minimum atomic E-state index is -3.28. The molecular formula is C25H29FN4O3S. The first-order chi connectivity index (χ1) is 16.3. The second kappa shape index (κ2) is 10.4. The van der Waals surface area contributed by atoms with Gasteiger partial charge in [0.25, 0.3) is 5.91 Å². The Labute approximate surface area is 199 Å². The van der Waals surface area contributed by atoms with Gasteiger partial charge in [0.15, 0.2) is 0 Å². The average molecular weight is 485 g/mol. The first-order valence-corrected chi connectivity index (χ1v) is 13.1. The molecule has 1 aliphatic heterocycles. The number of anilines is 1. The van der Waals surface area contributed by atoms with E-state index in [4.69, 9.17) is 0 Å². The molecule has 0 saturated carbocycles. The van der Waals surface area contributed by atoms with Gasteiger partial charge in [0.05, 0.1) is 17.1 Å². The predicted molar refractivity (Wildman–Crippen MR) is 131 cm³/mol. The number of aromatic amines is 1. The maximum atomic E-state index is 13.1. The van der Waals surface area contributed by atoms with Crippen LogP contribution in [0.5, 0.6) is 0 Å². The Morgan fingerprint density at radius 3 is 2.65 bits per heavy atom. The third kappa shape index (κ3) is 5.64. The highest BCUT2D eigenvalue weighted by molar-refractivity contribution is 7.93. The molecule has 1 amide bonds. The molecule has 0 atom stereocenters. The second-order valence-electron chi connectivity index (χ2n) is 8.61. The summed E-state index contributed by atoms with van der Waals surface area (Å²) in [6.07, 6.45) is 4.22. The van der Waals surface area contributed by atoms with Crippen LogP contribution in [-0.4, -0.2) is 55.3 Å². The van der Waals surface area contributed by atoms with Crippen LogP contribution in [0.2, 0.25) is 0 Å². The molecule has 4 rings (SSSR count). The number of carbonyl (C=O) groups excluding carboxylic acids is 1. The molecule has 3 aromatic rings. The zero-order valence-electron chi connectivity index (χ0n) is 19.2. The fourth-order valence-corrected chi connectivity index (χ4v) is 5.70. The molecule has 7 nitrogen and oxygen atoms in total. The number of unbranched alkanes of at least 4 members (excludes halogenated alkanes) is 2. The molecule has 0 radical (unpaired) electrons. The Balaban J connectivity index is 1.23. The molecule has 2 heterocycles. The highest BCUT2D eigenvalue weighted by Gasteiger charge is 2.28. The van der Waals surface area contributed by atoms with Crippen LogP contribution in [-0.2, 0) is 16.4 Å². The van der Waals surface area contributed by atoms with E-state index in [-0.39, 0.29) is 17.5 Å². The molecule has 1 saturated heterocycles. The lowest BCUT2D eigenvalue weighted by Crippen LogP contribution is -2.29. The number of rotatable bonds is 9. The van der Waals surface area contributed by atoms with Gasteiger partial charge in [-0.1, -0.05) is 12.5 Å². The smallest absolute Gasteiger partial charge is 0.253 e. The second-order valence-corrected chi connectivity index (χ2v) is 10.6. The molecule has 0 aliphatic carbocycles. The standard InChI is InChI=1S/C25H29FN4O3S/c1-29(25(31)20-7-5-9-23(17-20)30-15-6-16-34(30,32)33)14-4-2-3-8-22-18-24(28-27-22)19-10-12-21(26)13-11-19/h5,7,9-13,17-18H,2-4,6,8,14-16H2,1H3,(H,27,28). The molecule has 1 N–H and O–H groups in total. The zero-order valence-corrected chi connectivity index (χ0v) is 20.0. The summed E-state index contributed by atoms with van der Waals surface area (Å²) >= 11 is 0. The van der Waals surface area contributed by atoms with Crippen LogP contribution in [0, 0.1) is 5.82 Å². The van der Waals surface area contributed by atoms with E-state index in [1.54, 1.807) is 48.3 Å². The number of aromatic nitrogens is 2. The number of H-pyrrole nitrogens is 1. The minimum absolute atomic E-state index is 0.115. The van der Waals surface area contributed by atoms with E-state index < -0.39 is 10.0 Å². The SMILES string of the molecule is CN(CCCCCc1cc(-c2ccc(F)cc2)n[nH]1)C(=O)c1cccc(N2CCCS2(=O)=O)c1. The van der Waals surface area contributed by atoms with Crippen LogP contribution in [0.1, 0.15) is 41.7 Å². The number of hydrogen-bond acceptors (Lipinski definition) is 4. The molecule has 1 fully saturated rings. The van der Waals surface area contributed by atoms with Gasteiger partial charge in [0.2, 0.25) is 10.0 Å². The summed E-state index contributed by atoms with van der Waals surface area (Å²) in [7, 11) is -1.51. The number of carbonyl (C=O) groups is 1. The first kappa shape index (κ1) is 23.9. The van der Waals surface area contributed by atoms with Crippen molar-refractivity contribution in [3.63, 3.8) is 0 Å². The van der Waals surface area contributed by atoms with Gasteiger partial charge in [0, 0.05) is 37.0 Å². The van der Waals surface area contributed by atoms with Gasteiger partial charge in [-0.15, -0.1) is 0 Å². The van der Waals surface area contributed by atoms with Crippen LogP contribution in [0.4, 0.5) is 10.1 Å². The van der Waals surface area contributed by atoms with Crippen LogP contribution < -0.4 is 4.31 Å². The fourth-order valence-electron chi connectivity index (χ4n) is 4.14. The van der Waals surface area contributed by atoms with Crippen molar-refractivity contribution in [1.82, 2.24) is 15.1 Å². The number of sulfonamides is 1. The molecule has 0 spiro atoms. The predicted octanol–water partition coefficient (Wildman–Crippen LogP) is 4.24. The van der Waals surface area contributed by atoms with E-state index in [2.05, 4.69) is 10.2 Å². The number of nitrogens with zero attached hydrogens (tertiary/aromatic N) is 3. The lowest BCUT2D eigenvalue weighted by molar-refractivity contribution is 0.0792. The van der Waals surface area contributed by atoms with E-state index in [1.807, 2.05) is 6.07 Å². The summed E-state index contributed by atoms with van der Waals surface area (Å²) in [5.41, 5.74) is 3.74. The highest BCUT2D eigenvalue weighted by Crippen LogP contribution is 2.25. The van der Waals surface area contributed by atoms with Gasteiger partial charge in [-0.2, -0.15) is 5.10 Å². The van der Waals surface area contributed by atoms with E-state index in [1.165, 1.54) is 16.4 Å². The number of aryl methyl sites for hydroxylation is 1. The van der Waals surface area contributed by atoms with Gasteiger partial charge in [-0.3, -0.25) is 14.2 Å². The van der Waals surface area contributed by atoms with E-state index in [0.717, 1.165) is 42.6 Å². The zero-order chi connectivity index (χ0) is 24.1. The number of halogens is 1. The quantitative estimate of drug-likeness (QED) is 0.460. The van der Waals surface area contributed by atoms with Gasteiger partial charge in [-0.25, -0.2) is 12.8 Å². The maximum Gasteiger partial charge on any atom is 0.253 e. The third-order valence-electron chi connectivity index (χ3n) is 6.04. The Hall–Kier alpha value is -3.20. The molecular weight excluding hydrogens is 455 g/mol.